The summed E-state index contributed by atoms with van der Waals surface area (Å²) in [6.45, 7) is 0. The van der Waals surface area contributed by atoms with Crippen LogP contribution in [0.15, 0.2) is 21.5 Å². The number of anilines is 1. The molecule has 1 saturated carbocycles. The van der Waals surface area contributed by atoms with Crippen molar-refractivity contribution in [3.05, 3.63) is 27.1 Å². The number of aromatic nitrogens is 1. The largest absolute Gasteiger partial charge is 0.323 e. The summed E-state index contributed by atoms with van der Waals surface area (Å²) in [5.41, 5.74) is 5.82. The lowest BCUT2D eigenvalue weighted by atomic mass is 9.82. The van der Waals surface area contributed by atoms with Crippen molar-refractivity contribution in [2.24, 2.45) is 12.8 Å². The minimum absolute atomic E-state index is 0. The molecule has 0 spiro atoms. The van der Waals surface area contributed by atoms with Crippen molar-refractivity contribution in [1.82, 2.24) is 4.57 Å². The van der Waals surface area contributed by atoms with Gasteiger partial charge < -0.3 is 15.6 Å². The first-order chi connectivity index (χ1) is 8.92. The number of rotatable bonds is 2. The Labute approximate surface area is 132 Å². The minimum Gasteiger partial charge on any atom is -0.323 e. The van der Waals surface area contributed by atoms with E-state index in [0.29, 0.717) is 23.0 Å². The topological polar surface area (TPSA) is 77.1 Å². The van der Waals surface area contributed by atoms with E-state index in [1.54, 1.807) is 19.3 Å². The number of carbonyl (C=O) groups is 1. The molecule has 0 saturated heterocycles. The molecule has 0 bridgehead atoms. The molecule has 20 heavy (non-hydrogen) atoms. The predicted octanol–water partition coefficient (Wildman–Crippen LogP) is 2.17. The zero-order valence-electron chi connectivity index (χ0n) is 11.3. The van der Waals surface area contributed by atoms with Crippen LogP contribution in [0.25, 0.3) is 0 Å². The van der Waals surface area contributed by atoms with E-state index in [-0.39, 0.29) is 23.9 Å². The predicted molar refractivity (Wildman–Crippen MR) is 85.3 cm³/mol. The monoisotopic (exact) mass is 363 g/mol. The first kappa shape index (κ1) is 17.2. The lowest BCUT2D eigenvalue weighted by Gasteiger charge is -2.31. The molecule has 3 N–H and O–H groups in total. The number of amides is 1. The van der Waals surface area contributed by atoms with Crippen LogP contribution in [0.2, 0.25) is 0 Å². The molecule has 1 fully saturated rings. The van der Waals surface area contributed by atoms with Gasteiger partial charge in [0.05, 0.1) is 15.7 Å². The third kappa shape index (κ3) is 3.62. The number of carbonyl (C=O) groups excluding carboxylic acids is 1. The molecular formula is C13H19BrClN3O2. The molecule has 112 valence electrons. The molecule has 0 aromatic carbocycles. The van der Waals surface area contributed by atoms with Gasteiger partial charge in [0.15, 0.2) is 0 Å². The van der Waals surface area contributed by atoms with Crippen LogP contribution in [-0.4, -0.2) is 16.0 Å². The van der Waals surface area contributed by atoms with Crippen molar-refractivity contribution in [3.8, 4) is 0 Å². The van der Waals surface area contributed by atoms with E-state index in [0.717, 1.165) is 19.3 Å². The van der Waals surface area contributed by atoms with E-state index in [2.05, 4.69) is 21.2 Å². The average Bonchev–Trinajstić information content (AvgIpc) is 2.36. The van der Waals surface area contributed by atoms with Gasteiger partial charge in [-0.25, -0.2) is 0 Å². The van der Waals surface area contributed by atoms with Crippen molar-refractivity contribution in [3.63, 3.8) is 0 Å². The standard InChI is InChI=1S/C13H18BrN3O2.ClH/c1-17-8-9(7-10(14)11(17)18)16-12(19)13(15)5-3-2-4-6-13;/h7-8H,2-6,15H2,1H3,(H,16,19);1H. The summed E-state index contributed by atoms with van der Waals surface area (Å²) in [5.74, 6) is -0.169. The van der Waals surface area contributed by atoms with Crippen molar-refractivity contribution in [2.45, 2.75) is 37.6 Å². The maximum absolute atomic E-state index is 12.3. The normalized spacial score (nSPS) is 17.1. The Balaban J connectivity index is 0.00000200. The second-order valence-corrected chi connectivity index (χ2v) is 6.02. The van der Waals surface area contributed by atoms with Gasteiger partial charge in [0.25, 0.3) is 5.56 Å². The maximum Gasteiger partial charge on any atom is 0.264 e. The highest BCUT2D eigenvalue weighted by molar-refractivity contribution is 9.10. The Morgan fingerprint density at radius 2 is 2.00 bits per heavy atom. The van der Waals surface area contributed by atoms with Gasteiger partial charge >= 0.3 is 0 Å². The Kier molecular flexibility index (Phi) is 5.79. The molecule has 1 aliphatic rings. The Bertz CT molecular complexity index is 527. The fraction of sp³-hybridized carbons (Fsp3) is 0.538. The smallest absolute Gasteiger partial charge is 0.264 e. The summed E-state index contributed by atoms with van der Waals surface area (Å²) in [4.78, 5) is 23.8. The van der Waals surface area contributed by atoms with Crippen molar-refractivity contribution < 1.29 is 4.79 Å². The SMILES string of the molecule is Cl.Cn1cc(NC(=O)C2(N)CCCCC2)cc(Br)c1=O. The summed E-state index contributed by atoms with van der Waals surface area (Å²) in [5, 5.41) is 2.81. The lowest BCUT2D eigenvalue weighted by Crippen LogP contribution is -2.52. The van der Waals surface area contributed by atoms with Gasteiger partial charge in [-0.05, 0) is 34.8 Å². The molecule has 2 rings (SSSR count). The lowest BCUT2D eigenvalue weighted by molar-refractivity contribution is -0.122. The molecule has 1 aromatic rings. The van der Waals surface area contributed by atoms with Crippen LogP contribution in [0.1, 0.15) is 32.1 Å². The van der Waals surface area contributed by atoms with Crippen LogP contribution in [0.3, 0.4) is 0 Å². The van der Waals surface area contributed by atoms with Crippen LogP contribution in [-0.2, 0) is 11.8 Å². The third-order valence-electron chi connectivity index (χ3n) is 3.60. The zero-order valence-corrected chi connectivity index (χ0v) is 13.7. The van der Waals surface area contributed by atoms with Gasteiger partial charge in [-0.2, -0.15) is 0 Å². The van der Waals surface area contributed by atoms with Crippen molar-refractivity contribution in [2.75, 3.05) is 5.32 Å². The maximum atomic E-state index is 12.3. The number of hydrogen-bond acceptors (Lipinski definition) is 3. The van der Waals surface area contributed by atoms with Crippen LogP contribution in [0.4, 0.5) is 5.69 Å². The molecule has 1 aliphatic carbocycles. The fourth-order valence-corrected chi connectivity index (χ4v) is 2.93. The molecule has 1 heterocycles. The summed E-state index contributed by atoms with van der Waals surface area (Å²) in [6, 6.07) is 1.60. The molecule has 0 aliphatic heterocycles. The summed E-state index contributed by atoms with van der Waals surface area (Å²) < 4.78 is 1.84. The number of halogens is 2. The number of nitrogens with two attached hydrogens (primary N) is 1. The average molecular weight is 365 g/mol. The van der Waals surface area contributed by atoms with Crippen LogP contribution in [0, 0.1) is 0 Å². The summed E-state index contributed by atoms with van der Waals surface area (Å²) in [6.07, 6.45) is 6.13. The second kappa shape index (κ2) is 6.74. The number of nitrogens with one attached hydrogen (secondary N) is 1. The molecule has 5 nitrogen and oxygen atoms in total. The summed E-state index contributed by atoms with van der Waals surface area (Å²) in [7, 11) is 1.64. The van der Waals surface area contributed by atoms with E-state index in [9.17, 15) is 9.59 Å². The molecular weight excluding hydrogens is 346 g/mol. The molecule has 1 amide bonds. The van der Waals surface area contributed by atoms with Gasteiger partial charge in [0.2, 0.25) is 5.91 Å². The highest BCUT2D eigenvalue weighted by Crippen LogP contribution is 2.27. The number of aryl methyl sites for hydroxylation is 1. The van der Waals surface area contributed by atoms with E-state index < -0.39 is 5.54 Å². The highest BCUT2D eigenvalue weighted by Gasteiger charge is 2.35. The van der Waals surface area contributed by atoms with E-state index >= 15 is 0 Å². The number of pyridine rings is 1. The highest BCUT2D eigenvalue weighted by atomic mass is 79.9. The zero-order chi connectivity index (χ0) is 14.0. The molecule has 0 atom stereocenters. The Morgan fingerprint density at radius 1 is 1.40 bits per heavy atom. The molecule has 1 aromatic heterocycles. The molecule has 7 heteroatoms. The van der Waals surface area contributed by atoms with Crippen molar-refractivity contribution >= 4 is 39.9 Å². The molecule has 0 radical (unpaired) electrons. The van der Waals surface area contributed by atoms with E-state index in [4.69, 9.17) is 5.73 Å². The minimum atomic E-state index is -0.778. The molecule has 0 unspecified atom stereocenters. The van der Waals surface area contributed by atoms with E-state index in [1.165, 1.54) is 4.57 Å². The summed E-state index contributed by atoms with van der Waals surface area (Å²) >= 11 is 3.18. The van der Waals surface area contributed by atoms with Crippen molar-refractivity contribution in [1.29, 1.82) is 0 Å². The van der Waals surface area contributed by atoms with Gasteiger partial charge in [-0.15, -0.1) is 12.4 Å². The van der Waals surface area contributed by atoms with Gasteiger partial charge in [0.1, 0.15) is 0 Å². The first-order valence-electron chi connectivity index (χ1n) is 6.39. The van der Waals surface area contributed by atoms with Gasteiger partial charge in [-0.3, -0.25) is 9.59 Å². The Morgan fingerprint density at radius 3 is 2.55 bits per heavy atom. The Hall–Kier alpha value is -0.850. The fourth-order valence-electron chi connectivity index (χ4n) is 2.40. The number of nitrogens with zero attached hydrogens (tertiary/aromatic N) is 1. The van der Waals surface area contributed by atoms with Crippen LogP contribution < -0.4 is 16.6 Å². The first-order valence-corrected chi connectivity index (χ1v) is 7.18. The van der Waals surface area contributed by atoms with Gasteiger partial charge in [-0.1, -0.05) is 19.3 Å². The van der Waals surface area contributed by atoms with E-state index in [1.807, 2.05) is 0 Å². The third-order valence-corrected chi connectivity index (χ3v) is 4.16. The quantitative estimate of drug-likeness (QED) is 0.844. The van der Waals surface area contributed by atoms with Crippen LogP contribution in [0.5, 0.6) is 0 Å². The van der Waals surface area contributed by atoms with Gasteiger partial charge in [0, 0.05) is 13.2 Å². The second-order valence-electron chi connectivity index (χ2n) is 5.16. The van der Waals surface area contributed by atoms with Crippen LogP contribution >= 0.6 is 28.3 Å². The number of hydrogen-bond donors (Lipinski definition) is 2.